The normalized spacial score (nSPS) is 18.5. The zero-order chi connectivity index (χ0) is 23.8. The van der Waals surface area contributed by atoms with Crippen LogP contribution in [0.25, 0.3) is 0 Å². The van der Waals surface area contributed by atoms with Crippen LogP contribution in [0.2, 0.25) is 0 Å². The fourth-order valence-electron chi connectivity index (χ4n) is 5.88. The smallest absolute Gasteiger partial charge is 0.0891 e. The molecule has 1 aliphatic carbocycles. The molecule has 1 saturated carbocycles. The number of allylic oxidation sites excluding steroid dienone is 4. The topological polar surface area (TPSA) is 15.6 Å². The van der Waals surface area contributed by atoms with Crippen LogP contribution in [0.5, 0.6) is 0 Å². The quantitative estimate of drug-likeness (QED) is 0.0947. The lowest BCUT2D eigenvalue weighted by molar-refractivity contribution is 0.0811. The fourth-order valence-corrected chi connectivity index (χ4v) is 5.88. The Morgan fingerprint density at radius 3 is 2.31 bits per heavy atom. The Bertz CT molecular complexity index is 594. The maximum atomic E-state index is 4.65. The maximum Gasteiger partial charge on any atom is 0.0891 e. The standard InChI is InChI=1S/C30H54N2/c1-8-13-15-20-27(11-4)30(29-22-17-18-23-29,24-32(26(6)7)25-31-12-5)28(19-10-3)21-16-14-9-2/h11,15,20,25,28-29H,6,8-10,12-14,16-19,21-24H2,1-5,7H3/b20-15-,27-11+,31-25-. The van der Waals surface area contributed by atoms with Gasteiger partial charge in [-0.1, -0.05) is 90.5 Å². The van der Waals surface area contributed by atoms with E-state index in [1.165, 1.54) is 70.6 Å². The van der Waals surface area contributed by atoms with Gasteiger partial charge in [-0.15, -0.1) is 0 Å². The van der Waals surface area contributed by atoms with Crippen LogP contribution in [-0.2, 0) is 0 Å². The third-order valence-electron chi connectivity index (χ3n) is 7.53. The zero-order valence-electron chi connectivity index (χ0n) is 22.5. The molecule has 0 spiro atoms. The third-order valence-corrected chi connectivity index (χ3v) is 7.53. The van der Waals surface area contributed by atoms with Gasteiger partial charge in [0, 0.05) is 24.2 Å². The summed E-state index contributed by atoms with van der Waals surface area (Å²) in [5.74, 6) is 1.45. The Morgan fingerprint density at radius 2 is 1.78 bits per heavy atom. The Balaban J connectivity index is 3.62. The van der Waals surface area contributed by atoms with Crippen LogP contribution < -0.4 is 0 Å². The Kier molecular flexibility index (Phi) is 14.7. The molecule has 0 radical (unpaired) electrons. The van der Waals surface area contributed by atoms with Gasteiger partial charge >= 0.3 is 0 Å². The Labute approximate surface area is 201 Å². The minimum Gasteiger partial charge on any atom is -0.336 e. The van der Waals surface area contributed by atoms with E-state index in [1.54, 1.807) is 5.57 Å². The number of hydrogen-bond acceptors (Lipinski definition) is 1. The highest BCUT2D eigenvalue weighted by Crippen LogP contribution is 2.54. The number of nitrogens with zero attached hydrogens (tertiary/aromatic N) is 2. The summed E-state index contributed by atoms with van der Waals surface area (Å²) in [6.07, 6.45) is 25.2. The van der Waals surface area contributed by atoms with E-state index >= 15 is 0 Å². The number of aliphatic imine (C=N–C) groups is 1. The van der Waals surface area contributed by atoms with Crippen LogP contribution in [0.15, 0.2) is 41.1 Å². The molecule has 0 saturated heterocycles. The van der Waals surface area contributed by atoms with E-state index in [2.05, 4.69) is 82.6 Å². The van der Waals surface area contributed by atoms with Gasteiger partial charge in [0.2, 0.25) is 0 Å². The molecule has 0 aromatic rings. The molecule has 1 fully saturated rings. The molecule has 1 rings (SSSR count). The molecule has 2 atom stereocenters. The first kappa shape index (κ1) is 28.7. The third kappa shape index (κ3) is 8.23. The molecule has 1 aliphatic rings. The van der Waals surface area contributed by atoms with Gasteiger partial charge < -0.3 is 4.90 Å². The molecule has 2 nitrogen and oxygen atoms in total. The van der Waals surface area contributed by atoms with E-state index < -0.39 is 0 Å². The SMILES string of the molecule is C=C(C)N(/C=N\CC)CC(C(/C=C\CCC)=C/C)(C(CCC)CCCCC)C1CCCC1. The van der Waals surface area contributed by atoms with Crippen molar-refractivity contribution in [1.82, 2.24) is 4.90 Å². The molecule has 0 heterocycles. The summed E-state index contributed by atoms with van der Waals surface area (Å²) in [6.45, 7) is 19.7. The first-order chi connectivity index (χ1) is 15.5. The summed E-state index contributed by atoms with van der Waals surface area (Å²) in [5, 5.41) is 0. The second kappa shape index (κ2) is 16.3. The van der Waals surface area contributed by atoms with Crippen LogP contribution in [0.3, 0.4) is 0 Å². The molecule has 0 bridgehead atoms. The highest BCUT2D eigenvalue weighted by molar-refractivity contribution is 5.58. The van der Waals surface area contributed by atoms with Gasteiger partial charge in [-0.2, -0.15) is 0 Å². The van der Waals surface area contributed by atoms with Crippen molar-refractivity contribution in [1.29, 1.82) is 0 Å². The molecule has 32 heavy (non-hydrogen) atoms. The van der Waals surface area contributed by atoms with Gasteiger partial charge in [0.15, 0.2) is 0 Å². The minimum atomic E-state index is 0.165. The lowest BCUT2D eigenvalue weighted by Gasteiger charge is -2.49. The molecule has 0 amide bonds. The van der Waals surface area contributed by atoms with E-state index in [-0.39, 0.29) is 5.41 Å². The van der Waals surface area contributed by atoms with Gasteiger partial charge in [-0.05, 0) is 70.3 Å². The molecule has 2 unspecified atom stereocenters. The van der Waals surface area contributed by atoms with E-state index in [4.69, 9.17) is 0 Å². The summed E-state index contributed by atoms with van der Waals surface area (Å²) in [5.41, 5.74) is 2.85. The van der Waals surface area contributed by atoms with Gasteiger partial charge in [0.1, 0.15) is 0 Å². The molecular formula is C30H54N2. The molecule has 0 N–H and O–H groups in total. The van der Waals surface area contributed by atoms with Crippen LogP contribution in [0.4, 0.5) is 0 Å². The summed E-state index contributed by atoms with van der Waals surface area (Å²) in [6, 6.07) is 0. The zero-order valence-corrected chi connectivity index (χ0v) is 22.5. The molecule has 0 aromatic heterocycles. The van der Waals surface area contributed by atoms with Crippen molar-refractivity contribution in [2.45, 2.75) is 119 Å². The van der Waals surface area contributed by atoms with E-state index in [1.807, 2.05) is 0 Å². The van der Waals surface area contributed by atoms with Crippen molar-refractivity contribution in [3.63, 3.8) is 0 Å². The molecule has 2 heteroatoms. The molecular weight excluding hydrogens is 388 g/mol. The van der Waals surface area contributed by atoms with Crippen LogP contribution in [-0.4, -0.2) is 24.3 Å². The van der Waals surface area contributed by atoms with Crippen molar-refractivity contribution in [2.75, 3.05) is 13.1 Å². The summed E-state index contributed by atoms with van der Waals surface area (Å²) in [7, 11) is 0. The molecule has 0 aromatic carbocycles. The summed E-state index contributed by atoms with van der Waals surface area (Å²) in [4.78, 5) is 7.02. The lowest BCUT2D eigenvalue weighted by atomic mass is 9.58. The van der Waals surface area contributed by atoms with E-state index in [9.17, 15) is 0 Å². The molecule has 0 aliphatic heterocycles. The van der Waals surface area contributed by atoms with Gasteiger partial charge in [-0.3, -0.25) is 4.99 Å². The predicted molar refractivity (Wildman–Crippen MR) is 145 cm³/mol. The Morgan fingerprint density at radius 1 is 1.06 bits per heavy atom. The van der Waals surface area contributed by atoms with Gasteiger partial charge in [0.05, 0.1) is 6.34 Å². The fraction of sp³-hybridized carbons (Fsp3) is 0.767. The van der Waals surface area contributed by atoms with Crippen molar-refractivity contribution in [3.8, 4) is 0 Å². The lowest BCUT2D eigenvalue weighted by Crippen LogP contribution is -2.47. The highest BCUT2D eigenvalue weighted by Gasteiger charge is 2.48. The van der Waals surface area contributed by atoms with E-state index in [0.29, 0.717) is 5.92 Å². The van der Waals surface area contributed by atoms with Crippen molar-refractivity contribution in [3.05, 3.63) is 36.1 Å². The number of rotatable bonds is 17. The minimum absolute atomic E-state index is 0.165. The first-order valence-electron chi connectivity index (χ1n) is 13.8. The van der Waals surface area contributed by atoms with Crippen LogP contribution in [0, 0.1) is 17.3 Å². The molecule has 184 valence electrons. The van der Waals surface area contributed by atoms with Crippen molar-refractivity contribution >= 4 is 6.34 Å². The highest BCUT2D eigenvalue weighted by atomic mass is 15.2. The number of unbranched alkanes of at least 4 members (excludes halogenated alkanes) is 3. The first-order valence-corrected chi connectivity index (χ1v) is 13.8. The second-order valence-corrected chi connectivity index (χ2v) is 9.92. The van der Waals surface area contributed by atoms with Crippen molar-refractivity contribution in [2.24, 2.45) is 22.2 Å². The van der Waals surface area contributed by atoms with Crippen molar-refractivity contribution < 1.29 is 0 Å². The van der Waals surface area contributed by atoms with Gasteiger partial charge in [-0.25, -0.2) is 0 Å². The summed E-state index contributed by atoms with van der Waals surface area (Å²) < 4.78 is 0. The average molecular weight is 443 g/mol. The second-order valence-electron chi connectivity index (χ2n) is 9.92. The van der Waals surface area contributed by atoms with Crippen LogP contribution in [0.1, 0.15) is 119 Å². The average Bonchev–Trinajstić information content (AvgIpc) is 3.32. The monoisotopic (exact) mass is 442 g/mol. The Hall–Kier alpha value is -1.31. The largest absolute Gasteiger partial charge is 0.336 e. The number of hydrogen-bond donors (Lipinski definition) is 0. The van der Waals surface area contributed by atoms with Gasteiger partial charge in [0.25, 0.3) is 0 Å². The maximum absolute atomic E-state index is 4.65. The van der Waals surface area contributed by atoms with Crippen LogP contribution >= 0.6 is 0 Å². The van der Waals surface area contributed by atoms with E-state index in [0.717, 1.165) is 31.1 Å². The summed E-state index contributed by atoms with van der Waals surface area (Å²) >= 11 is 0. The predicted octanol–water partition coefficient (Wildman–Crippen LogP) is 9.35.